The molecule has 0 saturated carbocycles. The van der Waals surface area contributed by atoms with E-state index in [0.29, 0.717) is 0 Å². The van der Waals surface area contributed by atoms with Gasteiger partial charge in [-0.2, -0.15) is 0 Å². The van der Waals surface area contributed by atoms with Gasteiger partial charge in [-0.15, -0.1) is 0 Å². The minimum atomic E-state index is -0.305. The standard InChI is InChI=1S/C12H26N2O2/c1-3-4-5-6-7-8-14-12(10-16)11(9-15)13-2/h9,11-14,16H,3-8,10H2,1-2H3. The third kappa shape index (κ3) is 6.93. The van der Waals surface area contributed by atoms with Crippen molar-refractivity contribution < 1.29 is 9.90 Å². The number of likely N-dealkylation sites (N-methyl/N-ethyl adjacent to an activating group) is 1. The van der Waals surface area contributed by atoms with Crippen LogP contribution >= 0.6 is 0 Å². The molecule has 0 aromatic heterocycles. The third-order valence-electron chi connectivity index (χ3n) is 2.80. The van der Waals surface area contributed by atoms with Crippen LogP contribution in [0.25, 0.3) is 0 Å². The first-order valence-electron chi connectivity index (χ1n) is 6.26. The van der Waals surface area contributed by atoms with E-state index in [2.05, 4.69) is 17.6 Å². The summed E-state index contributed by atoms with van der Waals surface area (Å²) in [5.74, 6) is 0. The molecule has 4 heteroatoms. The van der Waals surface area contributed by atoms with Crippen molar-refractivity contribution in [2.45, 2.75) is 51.1 Å². The predicted molar refractivity (Wildman–Crippen MR) is 66.5 cm³/mol. The van der Waals surface area contributed by atoms with Crippen molar-refractivity contribution in [2.24, 2.45) is 0 Å². The summed E-state index contributed by atoms with van der Waals surface area (Å²) in [7, 11) is 1.73. The molecule has 0 fully saturated rings. The summed E-state index contributed by atoms with van der Waals surface area (Å²) < 4.78 is 0. The molecule has 0 radical (unpaired) electrons. The van der Waals surface area contributed by atoms with Gasteiger partial charge < -0.3 is 20.5 Å². The first-order valence-corrected chi connectivity index (χ1v) is 6.26. The normalized spacial score (nSPS) is 14.7. The molecule has 0 aliphatic heterocycles. The molecule has 0 aliphatic rings. The van der Waals surface area contributed by atoms with Gasteiger partial charge >= 0.3 is 0 Å². The lowest BCUT2D eigenvalue weighted by molar-refractivity contribution is -0.110. The fourth-order valence-corrected chi connectivity index (χ4v) is 1.69. The highest BCUT2D eigenvalue weighted by Gasteiger charge is 2.17. The van der Waals surface area contributed by atoms with Gasteiger partial charge in [0, 0.05) is 0 Å². The molecule has 0 aromatic rings. The Labute approximate surface area is 98.8 Å². The molecule has 0 rings (SSSR count). The second-order valence-electron chi connectivity index (χ2n) is 4.11. The summed E-state index contributed by atoms with van der Waals surface area (Å²) in [5, 5.41) is 15.2. The molecular formula is C12H26N2O2. The van der Waals surface area contributed by atoms with Crippen LogP contribution in [0.5, 0.6) is 0 Å². The van der Waals surface area contributed by atoms with E-state index < -0.39 is 0 Å². The van der Waals surface area contributed by atoms with E-state index in [-0.39, 0.29) is 18.7 Å². The van der Waals surface area contributed by atoms with Crippen LogP contribution in [0.15, 0.2) is 0 Å². The van der Waals surface area contributed by atoms with Gasteiger partial charge in [-0.3, -0.25) is 0 Å². The Balaban J connectivity index is 3.58. The van der Waals surface area contributed by atoms with Crippen LogP contribution in [0.3, 0.4) is 0 Å². The van der Waals surface area contributed by atoms with E-state index in [4.69, 9.17) is 5.11 Å². The molecule has 0 spiro atoms. The number of aldehydes is 1. The van der Waals surface area contributed by atoms with Gasteiger partial charge in [0.1, 0.15) is 6.29 Å². The molecule has 0 heterocycles. The molecule has 96 valence electrons. The zero-order valence-corrected chi connectivity index (χ0v) is 10.5. The van der Waals surface area contributed by atoms with Crippen molar-refractivity contribution in [1.82, 2.24) is 10.6 Å². The van der Waals surface area contributed by atoms with Crippen molar-refractivity contribution >= 4 is 6.29 Å². The van der Waals surface area contributed by atoms with Crippen molar-refractivity contribution in [3.05, 3.63) is 0 Å². The summed E-state index contributed by atoms with van der Waals surface area (Å²) in [6.45, 7) is 3.04. The summed E-state index contributed by atoms with van der Waals surface area (Å²) in [4.78, 5) is 10.7. The van der Waals surface area contributed by atoms with Gasteiger partial charge in [0.2, 0.25) is 0 Å². The number of hydrogen-bond donors (Lipinski definition) is 3. The predicted octanol–water partition coefficient (Wildman–Crippen LogP) is 0.694. The maximum atomic E-state index is 10.7. The Morgan fingerprint density at radius 1 is 1.25 bits per heavy atom. The largest absolute Gasteiger partial charge is 0.395 e. The summed E-state index contributed by atoms with van der Waals surface area (Å²) in [6.07, 6.45) is 6.96. The molecule has 0 aliphatic carbocycles. The highest BCUT2D eigenvalue weighted by atomic mass is 16.3. The second-order valence-corrected chi connectivity index (χ2v) is 4.11. The first-order chi connectivity index (χ1) is 7.79. The number of nitrogens with one attached hydrogen (secondary N) is 2. The van der Waals surface area contributed by atoms with E-state index in [1.165, 1.54) is 25.7 Å². The van der Waals surface area contributed by atoms with E-state index in [0.717, 1.165) is 19.3 Å². The zero-order chi connectivity index (χ0) is 12.2. The molecule has 0 aromatic carbocycles. The van der Waals surface area contributed by atoms with Gasteiger partial charge in [-0.25, -0.2) is 0 Å². The van der Waals surface area contributed by atoms with Crippen LogP contribution in [0, 0.1) is 0 Å². The van der Waals surface area contributed by atoms with E-state index in [1.807, 2.05) is 0 Å². The van der Waals surface area contributed by atoms with Gasteiger partial charge in [0.05, 0.1) is 18.7 Å². The van der Waals surface area contributed by atoms with Crippen LogP contribution in [-0.2, 0) is 4.79 Å². The lowest BCUT2D eigenvalue weighted by Gasteiger charge is -2.21. The van der Waals surface area contributed by atoms with Crippen molar-refractivity contribution in [2.75, 3.05) is 20.2 Å². The molecule has 0 saturated heterocycles. The topological polar surface area (TPSA) is 61.4 Å². The minimum Gasteiger partial charge on any atom is -0.395 e. The minimum absolute atomic E-state index is 0.0147. The second kappa shape index (κ2) is 11.0. The van der Waals surface area contributed by atoms with Gasteiger partial charge in [0.25, 0.3) is 0 Å². The average molecular weight is 230 g/mol. The fraction of sp³-hybridized carbons (Fsp3) is 0.917. The molecule has 0 amide bonds. The third-order valence-corrected chi connectivity index (χ3v) is 2.80. The molecule has 16 heavy (non-hydrogen) atoms. The monoisotopic (exact) mass is 230 g/mol. The van der Waals surface area contributed by atoms with Crippen molar-refractivity contribution in [3.63, 3.8) is 0 Å². The molecule has 3 N–H and O–H groups in total. The van der Waals surface area contributed by atoms with Crippen LogP contribution in [0.4, 0.5) is 0 Å². The number of unbranched alkanes of at least 4 members (excludes halogenated alkanes) is 4. The number of carbonyl (C=O) groups excluding carboxylic acids is 1. The highest BCUT2D eigenvalue weighted by Crippen LogP contribution is 2.01. The van der Waals surface area contributed by atoms with Crippen LogP contribution in [0.1, 0.15) is 39.0 Å². The van der Waals surface area contributed by atoms with Crippen molar-refractivity contribution in [1.29, 1.82) is 0 Å². The molecule has 2 atom stereocenters. The number of rotatable bonds is 11. The first kappa shape index (κ1) is 15.6. The van der Waals surface area contributed by atoms with Gasteiger partial charge in [-0.1, -0.05) is 32.6 Å². The van der Waals surface area contributed by atoms with E-state index in [9.17, 15) is 4.79 Å². The van der Waals surface area contributed by atoms with Crippen molar-refractivity contribution in [3.8, 4) is 0 Å². The number of aliphatic hydroxyl groups excluding tert-OH is 1. The van der Waals surface area contributed by atoms with Crippen LogP contribution < -0.4 is 10.6 Å². The highest BCUT2D eigenvalue weighted by molar-refractivity contribution is 5.58. The van der Waals surface area contributed by atoms with Gasteiger partial charge in [0.15, 0.2) is 0 Å². The number of aliphatic hydroxyl groups is 1. The van der Waals surface area contributed by atoms with Gasteiger partial charge in [-0.05, 0) is 20.0 Å². The average Bonchev–Trinajstić information content (AvgIpc) is 2.32. The number of hydrogen-bond acceptors (Lipinski definition) is 4. The lowest BCUT2D eigenvalue weighted by Crippen LogP contribution is -2.50. The maximum absolute atomic E-state index is 10.7. The Morgan fingerprint density at radius 3 is 2.44 bits per heavy atom. The van der Waals surface area contributed by atoms with Crippen LogP contribution in [0.2, 0.25) is 0 Å². The zero-order valence-electron chi connectivity index (χ0n) is 10.5. The molecular weight excluding hydrogens is 204 g/mol. The molecule has 4 nitrogen and oxygen atoms in total. The smallest absolute Gasteiger partial charge is 0.138 e. The Bertz CT molecular complexity index is 165. The Morgan fingerprint density at radius 2 is 1.94 bits per heavy atom. The number of carbonyl (C=O) groups is 1. The maximum Gasteiger partial charge on any atom is 0.138 e. The Hall–Kier alpha value is -0.450. The SMILES string of the molecule is CCCCCCCNC(CO)C(C=O)NC. The Kier molecular flexibility index (Phi) is 10.7. The molecule has 0 bridgehead atoms. The summed E-state index contributed by atoms with van der Waals surface area (Å²) >= 11 is 0. The van der Waals surface area contributed by atoms with E-state index in [1.54, 1.807) is 7.05 Å². The summed E-state index contributed by atoms with van der Waals surface area (Å²) in [5.41, 5.74) is 0. The quantitative estimate of drug-likeness (QED) is 0.361. The van der Waals surface area contributed by atoms with E-state index >= 15 is 0 Å². The van der Waals surface area contributed by atoms with Crippen LogP contribution in [-0.4, -0.2) is 43.7 Å². The lowest BCUT2D eigenvalue weighted by atomic mass is 10.1. The fourth-order valence-electron chi connectivity index (χ4n) is 1.69. The molecule has 2 unspecified atom stereocenters. The summed E-state index contributed by atoms with van der Waals surface area (Å²) in [6, 6.07) is -0.477.